The summed E-state index contributed by atoms with van der Waals surface area (Å²) in [5.74, 6) is 0. The Bertz CT molecular complexity index is 532. The van der Waals surface area contributed by atoms with Gasteiger partial charge in [-0.2, -0.15) is 5.10 Å². The van der Waals surface area contributed by atoms with Crippen LogP contribution in [0.1, 0.15) is 31.1 Å². The van der Waals surface area contributed by atoms with Crippen LogP contribution in [0.25, 0.3) is 0 Å². The molecule has 0 saturated carbocycles. The van der Waals surface area contributed by atoms with Crippen LogP contribution in [-0.2, 0) is 6.54 Å². The van der Waals surface area contributed by atoms with Gasteiger partial charge in [0.2, 0.25) is 0 Å². The van der Waals surface area contributed by atoms with Crippen molar-refractivity contribution in [3.63, 3.8) is 0 Å². The molecule has 0 aliphatic rings. The summed E-state index contributed by atoms with van der Waals surface area (Å²) in [7, 11) is 0. The number of benzene rings is 1. The van der Waals surface area contributed by atoms with Gasteiger partial charge in [-0.25, -0.2) is 0 Å². The van der Waals surface area contributed by atoms with Crippen LogP contribution in [0.15, 0.2) is 34.9 Å². The number of halogens is 1. The van der Waals surface area contributed by atoms with Crippen molar-refractivity contribution in [2.75, 3.05) is 5.32 Å². The number of hydrogen-bond acceptors (Lipinski definition) is 2. The molecule has 18 heavy (non-hydrogen) atoms. The van der Waals surface area contributed by atoms with Gasteiger partial charge >= 0.3 is 0 Å². The fraction of sp³-hybridized carbons (Fsp3) is 0.357. The van der Waals surface area contributed by atoms with E-state index >= 15 is 0 Å². The van der Waals surface area contributed by atoms with Crippen molar-refractivity contribution in [2.24, 2.45) is 0 Å². The van der Waals surface area contributed by atoms with Crippen molar-refractivity contribution >= 4 is 21.6 Å². The fourth-order valence-electron chi connectivity index (χ4n) is 1.72. The van der Waals surface area contributed by atoms with Crippen LogP contribution in [0.4, 0.5) is 5.69 Å². The molecule has 0 aliphatic heterocycles. The van der Waals surface area contributed by atoms with Gasteiger partial charge in [-0.1, -0.05) is 6.07 Å². The van der Waals surface area contributed by atoms with Crippen molar-refractivity contribution in [1.29, 1.82) is 0 Å². The molecular formula is C14H18BrN3. The van der Waals surface area contributed by atoms with Crippen molar-refractivity contribution in [1.82, 2.24) is 9.78 Å². The Balaban J connectivity index is 2.04. The van der Waals surface area contributed by atoms with Crippen LogP contribution in [0.5, 0.6) is 0 Å². The minimum atomic E-state index is 0.407. The molecule has 3 nitrogen and oxygen atoms in total. The number of nitrogens with zero attached hydrogens (tertiary/aromatic N) is 2. The molecule has 1 N–H and O–H groups in total. The van der Waals surface area contributed by atoms with E-state index in [1.54, 1.807) is 0 Å². The second-order valence-electron chi connectivity index (χ2n) is 4.72. The average molecular weight is 308 g/mol. The first-order valence-corrected chi connectivity index (χ1v) is 6.89. The molecule has 0 aliphatic carbocycles. The predicted molar refractivity (Wildman–Crippen MR) is 78.8 cm³/mol. The largest absolute Gasteiger partial charge is 0.378 e. The van der Waals surface area contributed by atoms with Crippen molar-refractivity contribution < 1.29 is 0 Å². The molecule has 0 saturated heterocycles. The summed E-state index contributed by atoms with van der Waals surface area (Å²) in [5, 5.41) is 7.92. The molecule has 1 aromatic heterocycles. The summed E-state index contributed by atoms with van der Waals surface area (Å²) in [5.41, 5.74) is 3.40. The Morgan fingerprint density at radius 1 is 1.33 bits per heavy atom. The lowest BCUT2D eigenvalue weighted by Gasteiger charge is -2.08. The zero-order valence-electron chi connectivity index (χ0n) is 10.9. The standard InChI is InChI=1S/C14H18BrN3/c1-10(2)18-7-6-12(17-18)9-16-14-8-11(3)4-5-13(14)15/h4-8,10,16H,9H2,1-3H3. The number of nitrogens with one attached hydrogen (secondary N) is 1. The number of anilines is 1. The lowest BCUT2D eigenvalue weighted by Crippen LogP contribution is -2.05. The lowest BCUT2D eigenvalue weighted by molar-refractivity contribution is 0.527. The Morgan fingerprint density at radius 3 is 2.78 bits per heavy atom. The Morgan fingerprint density at radius 2 is 2.11 bits per heavy atom. The molecule has 0 atom stereocenters. The van der Waals surface area contributed by atoms with Gasteiger partial charge in [0.25, 0.3) is 0 Å². The maximum Gasteiger partial charge on any atom is 0.0815 e. The molecule has 0 amide bonds. The second-order valence-corrected chi connectivity index (χ2v) is 5.57. The molecular weight excluding hydrogens is 290 g/mol. The molecule has 96 valence electrons. The van der Waals surface area contributed by atoms with Gasteiger partial charge in [-0.3, -0.25) is 4.68 Å². The van der Waals surface area contributed by atoms with Crippen LogP contribution in [0.3, 0.4) is 0 Å². The molecule has 0 bridgehead atoms. The summed E-state index contributed by atoms with van der Waals surface area (Å²) >= 11 is 3.54. The third kappa shape index (κ3) is 3.13. The van der Waals surface area contributed by atoms with E-state index < -0.39 is 0 Å². The molecule has 1 aromatic carbocycles. The van der Waals surface area contributed by atoms with E-state index in [0.29, 0.717) is 6.04 Å². The van der Waals surface area contributed by atoms with Gasteiger partial charge in [-0.15, -0.1) is 0 Å². The average Bonchev–Trinajstić information content (AvgIpc) is 2.79. The van der Waals surface area contributed by atoms with E-state index in [9.17, 15) is 0 Å². The normalized spacial score (nSPS) is 10.9. The minimum Gasteiger partial charge on any atom is -0.378 e. The third-order valence-electron chi connectivity index (χ3n) is 2.77. The summed E-state index contributed by atoms with van der Waals surface area (Å²) in [4.78, 5) is 0. The summed E-state index contributed by atoms with van der Waals surface area (Å²) < 4.78 is 3.05. The first-order valence-electron chi connectivity index (χ1n) is 6.10. The molecule has 2 rings (SSSR count). The lowest BCUT2D eigenvalue weighted by atomic mass is 10.2. The van der Waals surface area contributed by atoms with E-state index in [4.69, 9.17) is 0 Å². The van der Waals surface area contributed by atoms with Gasteiger partial charge in [-0.05, 0) is 60.5 Å². The monoisotopic (exact) mass is 307 g/mol. The van der Waals surface area contributed by atoms with Crippen molar-refractivity contribution in [3.8, 4) is 0 Å². The quantitative estimate of drug-likeness (QED) is 0.919. The number of rotatable bonds is 4. The number of aryl methyl sites for hydroxylation is 1. The van der Waals surface area contributed by atoms with Crippen LogP contribution >= 0.6 is 15.9 Å². The SMILES string of the molecule is Cc1ccc(Br)c(NCc2ccn(C(C)C)n2)c1. The fourth-order valence-corrected chi connectivity index (χ4v) is 2.11. The zero-order chi connectivity index (χ0) is 13.1. The van der Waals surface area contributed by atoms with Gasteiger partial charge in [0.15, 0.2) is 0 Å². The van der Waals surface area contributed by atoms with Crippen LogP contribution in [0.2, 0.25) is 0 Å². The van der Waals surface area contributed by atoms with Crippen LogP contribution in [0, 0.1) is 6.92 Å². The number of aromatic nitrogens is 2. The molecule has 0 fully saturated rings. The highest BCUT2D eigenvalue weighted by atomic mass is 79.9. The first kappa shape index (κ1) is 13.1. The third-order valence-corrected chi connectivity index (χ3v) is 3.47. The molecule has 0 radical (unpaired) electrons. The van der Waals surface area contributed by atoms with Crippen molar-refractivity contribution in [3.05, 3.63) is 46.2 Å². The zero-order valence-corrected chi connectivity index (χ0v) is 12.5. The second kappa shape index (κ2) is 5.57. The van der Waals surface area contributed by atoms with Gasteiger partial charge in [0, 0.05) is 22.4 Å². The molecule has 0 unspecified atom stereocenters. The highest BCUT2D eigenvalue weighted by molar-refractivity contribution is 9.10. The topological polar surface area (TPSA) is 29.9 Å². The van der Waals surface area contributed by atoms with Crippen LogP contribution in [-0.4, -0.2) is 9.78 Å². The minimum absolute atomic E-state index is 0.407. The maximum atomic E-state index is 4.52. The smallest absolute Gasteiger partial charge is 0.0815 e. The van der Waals surface area contributed by atoms with E-state index in [-0.39, 0.29) is 0 Å². The highest BCUT2D eigenvalue weighted by Gasteiger charge is 2.03. The summed E-state index contributed by atoms with van der Waals surface area (Å²) in [6, 6.07) is 8.73. The Kier molecular flexibility index (Phi) is 4.07. The summed E-state index contributed by atoms with van der Waals surface area (Å²) in [6.45, 7) is 7.08. The van der Waals surface area contributed by atoms with E-state index in [0.717, 1.165) is 22.4 Å². The molecule has 4 heteroatoms. The van der Waals surface area contributed by atoms with E-state index in [1.807, 2.05) is 10.9 Å². The van der Waals surface area contributed by atoms with Gasteiger partial charge in [0.1, 0.15) is 0 Å². The van der Waals surface area contributed by atoms with Crippen LogP contribution < -0.4 is 5.32 Å². The maximum absolute atomic E-state index is 4.52. The molecule has 0 spiro atoms. The molecule has 2 aromatic rings. The van der Waals surface area contributed by atoms with Crippen molar-refractivity contribution in [2.45, 2.75) is 33.4 Å². The van der Waals surface area contributed by atoms with Gasteiger partial charge < -0.3 is 5.32 Å². The van der Waals surface area contributed by atoms with Gasteiger partial charge in [0.05, 0.1) is 12.2 Å². The Hall–Kier alpha value is -1.29. The molecule has 1 heterocycles. The van der Waals surface area contributed by atoms with E-state index in [2.05, 4.69) is 71.4 Å². The predicted octanol–water partition coefficient (Wildman–Crippen LogP) is 4.15. The Labute approximate surface area is 116 Å². The highest BCUT2D eigenvalue weighted by Crippen LogP contribution is 2.23. The number of hydrogen-bond donors (Lipinski definition) is 1. The first-order chi connectivity index (χ1) is 8.56. The summed E-state index contributed by atoms with van der Waals surface area (Å²) in [6.07, 6.45) is 2.02. The van der Waals surface area contributed by atoms with E-state index in [1.165, 1.54) is 5.56 Å².